The summed E-state index contributed by atoms with van der Waals surface area (Å²) in [6.45, 7) is 1.82. The highest BCUT2D eigenvalue weighted by Gasteiger charge is 2.16. The van der Waals surface area contributed by atoms with Gasteiger partial charge in [-0.05, 0) is 36.2 Å². The third-order valence-electron chi connectivity index (χ3n) is 3.11. The van der Waals surface area contributed by atoms with Crippen molar-refractivity contribution in [3.8, 4) is 28.6 Å². The van der Waals surface area contributed by atoms with Gasteiger partial charge in [0.25, 0.3) is 5.56 Å². The van der Waals surface area contributed by atoms with E-state index in [4.69, 9.17) is 16.0 Å². The highest BCUT2D eigenvalue weighted by atomic mass is 35.5. The molecule has 0 radical (unpaired) electrons. The molecular formula is C15H11ClN2O3. The second kappa shape index (κ2) is 5.10. The number of aromatic nitrogens is 2. The Morgan fingerprint density at radius 3 is 2.52 bits per heavy atom. The Hall–Kier alpha value is -2.53. The lowest BCUT2D eigenvalue weighted by atomic mass is 10.1. The summed E-state index contributed by atoms with van der Waals surface area (Å²) in [5.74, 6) is 0.259. The van der Waals surface area contributed by atoms with Gasteiger partial charge in [0.1, 0.15) is 5.56 Å². The monoisotopic (exact) mass is 302 g/mol. The van der Waals surface area contributed by atoms with Crippen molar-refractivity contribution in [1.82, 2.24) is 9.97 Å². The van der Waals surface area contributed by atoms with Gasteiger partial charge in [0.05, 0.1) is 6.26 Å². The number of benzene rings is 1. The summed E-state index contributed by atoms with van der Waals surface area (Å²) in [5.41, 5.74) is 1.00. The van der Waals surface area contributed by atoms with E-state index >= 15 is 0 Å². The summed E-state index contributed by atoms with van der Waals surface area (Å²) in [4.78, 5) is 18.9. The fourth-order valence-corrected chi connectivity index (χ4v) is 2.19. The minimum absolute atomic E-state index is 0.0969. The summed E-state index contributed by atoms with van der Waals surface area (Å²) in [7, 11) is 0. The van der Waals surface area contributed by atoms with Gasteiger partial charge in [-0.25, -0.2) is 0 Å². The van der Waals surface area contributed by atoms with E-state index in [1.165, 1.54) is 6.26 Å². The fraction of sp³-hybridized carbons (Fsp3) is 0.0667. The first-order valence-corrected chi connectivity index (χ1v) is 6.58. The molecule has 6 heteroatoms. The summed E-state index contributed by atoms with van der Waals surface area (Å²) in [5, 5.41) is 10.6. The number of H-pyrrole nitrogens is 1. The van der Waals surface area contributed by atoms with Gasteiger partial charge in [0.15, 0.2) is 11.6 Å². The van der Waals surface area contributed by atoms with Crippen molar-refractivity contribution >= 4 is 11.6 Å². The highest BCUT2D eigenvalue weighted by molar-refractivity contribution is 6.30. The second-order valence-electron chi connectivity index (χ2n) is 4.55. The number of hydrogen-bond donors (Lipinski definition) is 2. The van der Waals surface area contributed by atoms with Gasteiger partial charge in [0, 0.05) is 5.02 Å². The summed E-state index contributed by atoms with van der Waals surface area (Å²) < 4.78 is 5.26. The number of nitrogens with zero attached hydrogens (tertiary/aromatic N) is 1. The molecule has 2 heterocycles. The van der Waals surface area contributed by atoms with Crippen LogP contribution >= 0.6 is 11.6 Å². The fourth-order valence-electron chi connectivity index (χ4n) is 2.06. The molecule has 0 fully saturated rings. The van der Waals surface area contributed by atoms with Gasteiger partial charge in [-0.15, -0.1) is 0 Å². The topological polar surface area (TPSA) is 79.1 Å². The van der Waals surface area contributed by atoms with Crippen LogP contribution in [0.4, 0.5) is 0 Å². The molecule has 1 aromatic carbocycles. The number of halogens is 1. The molecule has 0 aliphatic rings. The molecule has 2 aromatic heterocycles. The van der Waals surface area contributed by atoms with Crippen LogP contribution in [0, 0.1) is 6.92 Å². The summed E-state index contributed by atoms with van der Waals surface area (Å²) in [6.07, 6.45) is 1.49. The van der Waals surface area contributed by atoms with Gasteiger partial charge in [0.2, 0.25) is 5.88 Å². The van der Waals surface area contributed by atoms with Crippen LogP contribution in [0.1, 0.15) is 5.56 Å². The van der Waals surface area contributed by atoms with Gasteiger partial charge in [-0.1, -0.05) is 23.7 Å². The molecule has 3 rings (SSSR count). The molecule has 0 unspecified atom stereocenters. The minimum Gasteiger partial charge on any atom is -0.493 e. The number of rotatable bonds is 2. The van der Waals surface area contributed by atoms with Gasteiger partial charge in [-0.3, -0.25) is 4.79 Å². The van der Waals surface area contributed by atoms with E-state index in [1.54, 1.807) is 30.3 Å². The number of nitrogens with one attached hydrogen (secondary N) is 1. The molecule has 2 N–H and O–H groups in total. The lowest BCUT2D eigenvalue weighted by Gasteiger charge is -2.05. The molecule has 0 aliphatic carbocycles. The molecule has 0 amide bonds. The zero-order chi connectivity index (χ0) is 15.0. The van der Waals surface area contributed by atoms with E-state index in [1.807, 2.05) is 6.92 Å². The Balaban J connectivity index is 2.15. The maximum Gasteiger partial charge on any atom is 0.263 e. The van der Waals surface area contributed by atoms with Crippen molar-refractivity contribution in [3.63, 3.8) is 0 Å². The highest BCUT2D eigenvalue weighted by Crippen LogP contribution is 2.27. The van der Waals surface area contributed by atoms with E-state index in [-0.39, 0.29) is 17.3 Å². The Kier molecular flexibility index (Phi) is 3.27. The van der Waals surface area contributed by atoms with Crippen LogP contribution < -0.4 is 5.56 Å². The van der Waals surface area contributed by atoms with Crippen LogP contribution in [-0.2, 0) is 0 Å². The maximum atomic E-state index is 12.2. The molecule has 0 saturated carbocycles. The summed E-state index contributed by atoms with van der Waals surface area (Å²) >= 11 is 5.81. The Labute approximate surface area is 124 Å². The third-order valence-corrected chi connectivity index (χ3v) is 3.36. The largest absolute Gasteiger partial charge is 0.493 e. The lowest BCUT2D eigenvalue weighted by Crippen LogP contribution is -2.12. The van der Waals surface area contributed by atoms with E-state index in [9.17, 15) is 9.90 Å². The van der Waals surface area contributed by atoms with Gasteiger partial charge < -0.3 is 14.5 Å². The van der Waals surface area contributed by atoms with Crippen LogP contribution in [0.25, 0.3) is 22.7 Å². The van der Waals surface area contributed by atoms with Gasteiger partial charge >= 0.3 is 0 Å². The van der Waals surface area contributed by atoms with E-state index in [0.717, 1.165) is 5.56 Å². The first-order chi connectivity index (χ1) is 10.1. The molecule has 0 spiro atoms. The van der Waals surface area contributed by atoms with Crippen molar-refractivity contribution in [3.05, 3.63) is 57.5 Å². The average molecular weight is 303 g/mol. The van der Waals surface area contributed by atoms with Gasteiger partial charge in [-0.2, -0.15) is 4.98 Å². The lowest BCUT2D eigenvalue weighted by molar-refractivity contribution is 0.452. The Bertz CT molecular complexity index is 850. The first kappa shape index (κ1) is 13.5. The van der Waals surface area contributed by atoms with Crippen LogP contribution in [0.3, 0.4) is 0 Å². The molecule has 0 aliphatic heterocycles. The number of aromatic amines is 1. The van der Waals surface area contributed by atoms with E-state index in [0.29, 0.717) is 16.3 Å². The van der Waals surface area contributed by atoms with Crippen LogP contribution in [-0.4, -0.2) is 15.1 Å². The minimum atomic E-state index is -0.448. The van der Waals surface area contributed by atoms with Crippen molar-refractivity contribution in [1.29, 1.82) is 0 Å². The number of aromatic hydroxyl groups is 1. The normalized spacial score (nSPS) is 10.8. The standard InChI is InChI=1S/C15H11ClN2O3/c1-8-6-7-21-12(8)13-17-14(19)11(15(20)18-13)9-2-4-10(16)5-3-9/h2-7H,1H3,(H2,17,18,19,20). The van der Waals surface area contributed by atoms with Crippen LogP contribution in [0.15, 0.2) is 45.8 Å². The van der Waals surface area contributed by atoms with Crippen molar-refractivity contribution in [2.45, 2.75) is 6.92 Å². The number of furan rings is 1. The molecular weight excluding hydrogens is 292 g/mol. The number of hydrogen-bond acceptors (Lipinski definition) is 4. The Morgan fingerprint density at radius 2 is 1.95 bits per heavy atom. The molecule has 5 nitrogen and oxygen atoms in total. The predicted molar refractivity (Wildman–Crippen MR) is 79.4 cm³/mol. The van der Waals surface area contributed by atoms with Crippen LogP contribution in [0.5, 0.6) is 5.88 Å². The van der Waals surface area contributed by atoms with Crippen molar-refractivity contribution in [2.24, 2.45) is 0 Å². The molecule has 3 aromatic rings. The molecule has 106 valence electrons. The molecule has 0 atom stereocenters. The maximum absolute atomic E-state index is 12.2. The van der Waals surface area contributed by atoms with Crippen molar-refractivity contribution in [2.75, 3.05) is 0 Å². The first-order valence-electron chi connectivity index (χ1n) is 6.20. The van der Waals surface area contributed by atoms with E-state index < -0.39 is 5.56 Å². The zero-order valence-electron chi connectivity index (χ0n) is 11.1. The summed E-state index contributed by atoms with van der Waals surface area (Å²) in [6, 6.07) is 8.32. The smallest absolute Gasteiger partial charge is 0.263 e. The SMILES string of the molecule is Cc1ccoc1-c1nc(O)c(-c2ccc(Cl)cc2)c(=O)[nH]1. The quantitative estimate of drug-likeness (QED) is 0.760. The average Bonchev–Trinajstić information content (AvgIpc) is 2.86. The predicted octanol–water partition coefficient (Wildman–Crippen LogP) is 3.36. The Morgan fingerprint density at radius 1 is 1.24 bits per heavy atom. The molecule has 0 saturated heterocycles. The third kappa shape index (κ3) is 2.43. The van der Waals surface area contributed by atoms with Crippen LogP contribution in [0.2, 0.25) is 5.02 Å². The zero-order valence-corrected chi connectivity index (χ0v) is 11.8. The second-order valence-corrected chi connectivity index (χ2v) is 4.99. The van der Waals surface area contributed by atoms with E-state index in [2.05, 4.69) is 9.97 Å². The van der Waals surface area contributed by atoms with Crippen molar-refractivity contribution < 1.29 is 9.52 Å². The number of aryl methyl sites for hydroxylation is 1. The molecule has 0 bridgehead atoms. The molecule has 21 heavy (non-hydrogen) atoms.